The minimum absolute atomic E-state index is 0.0949. The van der Waals surface area contributed by atoms with E-state index in [1.807, 2.05) is 5.41 Å². The van der Waals surface area contributed by atoms with E-state index in [-0.39, 0.29) is 10.7 Å². The molecular weight excluding hydrogens is 130 g/mol. The molecule has 0 N–H and O–H groups in total. The lowest BCUT2D eigenvalue weighted by Gasteiger charge is -2.14. The van der Waals surface area contributed by atoms with E-state index in [1.165, 1.54) is 25.9 Å². The second-order valence-corrected chi connectivity index (χ2v) is 3.86. The lowest BCUT2D eigenvalue weighted by Crippen LogP contribution is -2.09. The van der Waals surface area contributed by atoms with Gasteiger partial charge in [-0.1, -0.05) is 12.4 Å². The zero-order valence-corrected chi connectivity index (χ0v) is 6.49. The topological polar surface area (TPSA) is 3.24 Å². The van der Waals surface area contributed by atoms with E-state index in [9.17, 15) is 0 Å². The lowest BCUT2D eigenvalue weighted by molar-refractivity contribution is 0.589. The van der Waals surface area contributed by atoms with Crippen molar-refractivity contribution < 1.29 is 0 Å². The molecule has 0 aromatic rings. The van der Waals surface area contributed by atoms with Gasteiger partial charge in [0.1, 0.15) is 0 Å². The van der Waals surface area contributed by atoms with Crippen molar-refractivity contribution in [3.8, 4) is 0 Å². The largest absolute Gasteiger partial charge is 0.253 e. The average Bonchev–Trinajstić information content (AvgIpc) is 2.37. The maximum absolute atomic E-state index is 3.97. The van der Waals surface area contributed by atoms with Gasteiger partial charge in [-0.15, -0.1) is 10.7 Å². The molecule has 1 atom stereocenters. The molecule has 9 heavy (non-hydrogen) atoms. The van der Waals surface area contributed by atoms with Crippen LogP contribution >= 0.6 is 10.7 Å². The first-order valence-corrected chi connectivity index (χ1v) is 4.66. The Balaban J connectivity index is 2.41. The molecule has 0 aromatic carbocycles. The molecule has 1 heterocycles. The maximum Gasteiger partial charge on any atom is 0.00879 e. The molecule has 0 radical (unpaired) electrons. The number of hydrogen-bond donors (Lipinski definition) is 0. The summed E-state index contributed by atoms with van der Waals surface area (Å²) in [5.74, 6) is 3.97. The molecule has 1 nitrogen and oxygen atoms in total. The van der Waals surface area contributed by atoms with E-state index in [4.69, 9.17) is 0 Å². The maximum atomic E-state index is 3.97. The standard InChI is InChI=1S/C7H13NS/c1-3-9(2)8-6-4-5-7-8/h3H,1-2,4-7H2. The summed E-state index contributed by atoms with van der Waals surface area (Å²) < 4.78 is 2.38. The fraction of sp³-hybridized carbons (Fsp3) is 0.571. The minimum Gasteiger partial charge on any atom is -0.253 e. The third-order valence-electron chi connectivity index (χ3n) is 1.59. The van der Waals surface area contributed by atoms with Crippen molar-refractivity contribution in [1.82, 2.24) is 4.31 Å². The van der Waals surface area contributed by atoms with Crippen LogP contribution in [-0.4, -0.2) is 23.3 Å². The third-order valence-corrected chi connectivity index (χ3v) is 3.00. The van der Waals surface area contributed by atoms with Crippen molar-refractivity contribution in [3.63, 3.8) is 0 Å². The third kappa shape index (κ3) is 1.66. The van der Waals surface area contributed by atoms with Crippen LogP contribution in [0.3, 0.4) is 0 Å². The molecule has 1 saturated heterocycles. The number of nitrogens with zero attached hydrogens (tertiary/aromatic N) is 1. The Labute approximate surface area is 59.4 Å². The van der Waals surface area contributed by atoms with E-state index in [0.29, 0.717) is 0 Å². The zero-order chi connectivity index (χ0) is 6.69. The summed E-state index contributed by atoms with van der Waals surface area (Å²) in [6.45, 7) is 6.16. The molecule has 0 spiro atoms. The highest BCUT2D eigenvalue weighted by Crippen LogP contribution is 2.23. The fourth-order valence-electron chi connectivity index (χ4n) is 1.03. The second-order valence-electron chi connectivity index (χ2n) is 2.20. The van der Waals surface area contributed by atoms with Gasteiger partial charge in [-0.2, -0.15) is 0 Å². The molecule has 1 aliphatic rings. The highest BCUT2D eigenvalue weighted by atomic mass is 32.2. The van der Waals surface area contributed by atoms with Crippen molar-refractivity contribution >= 4 is 16.5 Å². The summed E-state index contributed by atoms with van der Waals surface area (Å²) in [5, 5.41) is 1.94. The molecule has 0 aliphatic carbocycles. The summed E-state index contributed by atoms with van der Waals surface area (Å²) in [5.41, 5.74) is 0. The van der Waals surface area contributed by atoms with Crippen LogP contribution in [0.4, 0.5) is 0 Å². The number of rotatable bonds is 2. The molecule has 1 rings (SSSR count). The first-order chi connectivity index (χ1) is 4.34. The van der Waals surface area contributed by atoms with Crippen LogP contribution in [0.25, 0.3) is 0 Å². The first kappa shape index (κ1) is 7.03. The highest BCUT2D eigenvalue weighted by molar-refractivity contribution is 8.14. The first-order valence-electron chi connectivity index (χ1n) is 3.25. The van der Waals surface area contributed by atoms with Crippen LogP contribution in [-0.2, 0) is 0 Å². The molecule has 2 heteroatoms. The van der Waals surface area contributed by atoms with Gasteiger partial charge in [0, 0.05) is 13.1 Å². The Morgan fingerprint density at radius 3 is 2.33 bits per heavy atom. The Morgan fingerprint density at radius 1 is 1.33 bits per heavy atom. The summed E-state index contributed by atoms with van der Waals surface area (Å²) in [6.07, 6.45) is 2.68. The Bertz CT molecular complexity index is 125. The molecule has 0 amide bonds. The van der Waals surface area contributed by atoms with Gasteiger partial charge >= 0.3 is 0 Å². The summed E-state index contributed by atoms with van der Waals surface area (Å²) in [7, 11) is 0.0949. The predicted octanol–water partition coefficient (Wildman–Crippen LogP) is 1.84. The van der Waals surface area contributed by atoms with Gasteiger partial charge in [0.2, 0.25) is 0 Å². The zero-order valence-electron chi connectivity index (χ0n) is 5.68. The Kier molecular flexibility index (Phi) is 2.49. The molecule has 0 saturated carbocycles. The van der Waals surface area contributed by atoms with Gasteiger partial charge in [0.25, 0.3) is 0 Å². The average molecular weight is 143 g/mol. The predicted molar refractivity (Wildman–Crippen MR) is 45.7 cm³/mol. The fourth-order valence-corrected chi connectivity index (χ4v) is 1.97. The molecular formula is C7H13NS. The monoisotopic (exact) mass is 143 g/mol. The van der Waals surface area contributed by atoms with Crippen molar-refractivity contribution in [2.75, 3.05) is 13.1 Å². The van der Waals surface area contributed by atoms with Crippen molar-refractivity contribution in [2.45, 2.75) is 12.8 Å². The summed E-state index contributed by atoms with van der Waals surface area (Å²) >= 11 is 0. The van der Waals surface area contributed by atoms with E-state index < -0.39 is 0 Å². The minimum atomic E-state index is 0.0949. The van der Waals surface area contributed by atoms with E-state index in [1.54, 1.807) is 0 Å². The van der Waals surface area contributed by atoms with Gasteiger partial charge < -0.3 is 0 Å². The molecule has 0 bridgehead atoms. The van der Waals surface area contributed by atoms with Crippen molar-refractivity contribution in [2.24, 2.45) is 0 Å². The van der Waals surface area contributed by atoms with Crippen LogP contribution in [0.5, 0.6) is 0 Å². The molecule has 1 aliphatic heterocycles. The second kappa shape index (κ2) is 3.18. The van der Waals surface area contributed by atoms with E-state index in [0.717, 1.165) is 0 Å². The van der Waals surface area contributed by atoms with E-state index >= 15 is 0 Å². The normalized spacial score (nSPS) is 24.0. The van der Waals surface area contributed by atoms with Gasteiger partial charge in [0.05, 0.1) is 0 Å². The van der Waals surface area contributed by atoms with Crippen LogP contribution in [0, 0.1) is 0 Å². The van der Waals surface area contributed by atoms with Crippen LogP contribution in [0.15, 0.2) is 12.0 Å². The van der Waals surface area contributed by atoms with Gasteiger partial charge in [-0.05, 0) is 18.2 Å². The Morgan fingerprint density at radius 2 is 1.89 bits per heavy atom. The quantitative estimate of drug-likeness (QED) is 0.533. The molecule has 0 aromatic heterocycles. The highest BCUT2D eigenvalue weighted by Gasteiger charge is 2.10. The van der Waals surface area contributed by atoms with Crippen LogP contribution < -0.4 is 0 Å². The van der Waals surface area contributed by atoms with Crippen molar-refractivity contribution in [1.29, 1.82) is 0 Å². The van der Waals surface area contributed by atoms with Gasteiger partial charge in [-0.25, -0.2) is 0 Å². The van der Waals surface area contributed by atoms with E-state index in [2.05, 4.69) is 16.8 Å². The molecule has 1 fully saturated rings. The number of hydrogen-bond acceptors (Lipinski definition) is 1. The van der Waals surface area contributed by atoms with Crippen LogP contribution in [0.2, 0.25) is 0 Å². The molecule has 52 valence electrons. The summed E-state index contributed by atoms with van der Waals surface area (Å²) in [4.78, 5) is 0. The van der Waals surface area contributed by atoms with Gasteiger partial charge in [-0.3, -0.25) is 4.31 Å². The Hall–Kier alpha value is -0.0800. The smallest absolute Gasteiger partial charge is 0.00879 e. The van der Waals surface area contributed by atoms with Gasteiger partial charge in [0.15, 0.2) is 0 Å². The summed E-state index contributed by atoms with van der Waals surface area (Å²) in [6, 6.07) is 0. The lowest BCUT2D eigenvalue weighted by atomic mass is 10.4. The van der Waals surface area contributed by atoms with Crippen LogP contribution in [0.1, 0.15) is 12.8 Å². The van der Waals surface area contributed by atoms with Crippen molar-refractivity contribution in [3.05, 3.63) is 12.0 Å². The SMILES string of the molecule is C=CS(=C)N1CCCC1. The molecule has 1 unspecified atom stereocenters.